The van der Waals surface area contributed by atoms with Crippen LogP contribution in [-0.2, 0) is 12.5 Å². The highest BCUT2D eigenvalue weighted by Gasteiger charge is 2.39. The monoisotopic (exact) mass is 417 g/mol. The minimum Gasteiger partial charge on any atom is -0.366 e. The molecule has 0 aliphatic rings. The molecule has 1 amide bonds. The zero-order chi connectivity index (χ0) is 20.8. The maximum atomic E-state index is 14.8. The zero-order valence-corrected chi connectivity index (χ0v) is 15.8. The lowest BCUT2D eigenvalue weighted by atomic mass is 10.0. The lowest BCUT2D eigenvalue weighted by Crippen LogP contribution is -2.18. The van der Waals surface area contributed by atoms with Crippen molar-refractivity contribution in [2.45, 2.75) is 19.4 Å². The van der Waals surface area contributed by atoms with Gasteiger partial charge in [0.1, 0.15) is 0 Å². The standard InChI is InChI=1S/C18H14ClF2N7O/c1-9-11-6-5-10(18(20,21)17-23-26-27-24-17)7-15(11)28(25-9)8-13-12(16(22)29)3-2-4-14(13)19/h2-7H,8H2,1H3,(H2,22,29)(H,23,24,26,27). The number of H-pyrrole nitrogens is 1. The molecule has 8 nitrogen and oxygen atoms in total. The fraction of sp³-hybridized carbons (Fsp3) is 0.167. The van der Waals surface area contributed by atoms with Gasteiger partial charge < -0.3 is 5.73 Å². The Morgan fingerprint density at radius 1 is 1.31 bits per heavy atom. The van der Waals surface area contributed by atoms with E-state index in [9.17, 15) is 13.6 Å². The Balaban J connectivity index is 1.84. The maximum absolute atomic E-state index is 14.8. The fourth-order valence-corrected chi connectivity index (χ4v) is 3.41. The van der Waals surface area contributed by atoms with E-state index >= 15 is 0 Å². The quantitative estimate of drug-likeness (QED) is 0.518. The highest BCUT2D eigenvalue weighted by atomic mass is 35.5. The largest absolute Gasteiger partial charge is 0.366 e. The van der Waals surface area contributed by atoms with Gasteiger partial charge in [-0.25, -0.2) is 0 Å². The van der Waals surface area contributed by atoms with E-state index in [2.05, 4.69) is 20.5 Å². The number of hydrogen-bond acceptors (Lipinski definition) is 5. The normalized spacial score (nSPS) is 11.9. The van der Waals surface area contributed by atoms with Crippen molar-refractivity contribution in [3.8, 4) is 0 Å². The molecule has 0 aliphatic heterocycles. The number of carbonyl (C=O) groups is 1. The first-order valence-electron chi connectivity index (χ1n) is 8.45. The van der Waals surface area contributed by atoms with E-state index in [4.69, 9.17) is 17.3 Å². The predicted octanol–water partition coefficient (Wildman–Crippen LogP) is 2.80. The summed E-state index contributed by atoms with van der Waals surface area (Å²) in [7, 11) is 0. The molecule has 11 heteroatoms. The van der Waals surface area contributed by atoms with Crippen LogP contribution in [0.5, 0.6) is 0 Å². The molecule has 2 aromatic heterocycles. The van der Waals surface area contributed by atoms with E-state index in [0.29, 0.717) is 27.2 Å². The Hall–Kier alpha value is -3.40. The topological polar surface area (TPSA) is 115 Å². The number of halogens is 3. The van der Waals surface area contributed by atoms with Crippen LogP contribution in [-0.4, -0.2) is 36.3 Å². The van der Waals surface area contributed by atoms with Crippen molar-refractivity contribution >= 4 is 28.4 Å². The van der Waals surface area contributed by atoms with Crippen molar-refractivity contribution in [1.82, 2.24) is 30.4 Å². The number of aromatic nitrogens is 6. The van der Waals surface area contributed by atoms with Gasteiger partial charge in [0.2, 0.25) is 11.7 Å². The lowest BCUT2D eigenvalue weighted by Gasteiger charge is -2.14. The van der Waals surface area contributed by atoms with Gasteiger partial charge >= 0.3 is 5.92 Å². The second-order valence-corrected chi connectivity index (χ2v) is 6.82. The van der Waals surface area contributed by atoms with Crippen LogP contribution < -0.4 is 5.73 Å². The zero-order valence-electron chi connectivity index (χ0n) is 15.0. The third kappa shape index (κ3) is 3.21. The van der Waals surface area contributed by atoms with Crippen LogP contribution in [0.15, 0.2) is 36.4 Å². The summed E-state index contributed by atoms with van der Waals surface area (Å²) in [6.07, 6.45) is 0. The highest BCUT2D eigenvalue weighted by molar-refractivity contribution is 6.31. The maximum Gasteiger partial charge on any atom is 0.335 e. The second-order valence-electron chi connectivity index (χ2n) is 6.41. The molecule has 29 heavy (non-hydrogen) atoms. The molecule has 2 heterocycles. The summed E-state index contributed by atoms with van der Waals surface area (Å²) in [4.78, 5) is 11.8. The average Bonchev–Trinajstić information content (AvgIpc) is 3.32. The summed E-state index contributed by atoms with van der Waals surface area (Å²) < 4.78 is 31.0. The van der Waals surface area contributed by atoms with E-state index in [1.807, 2.05) is 5.21 Å². The fourth-order valence-electron chi connectivity index (χ4n) is 3.18. The van der Waals surface area contributed by atoms with Crippen molar-refractivity contribution in [2.24, 2.45) is 5.73 Å². The third-order valence-corrected chi connectivity index (χ3v) is 4.97. The molecule has 3 N–H and O–H groups in total. The van der Waals surface area contributed by atoms with E-state index in [1.165, 1.54) is 16.8 Å². The predicted molar refractivity (Wildman–Crippen MR) is 101 cm³/mol. The summed E-state index contributed by atoms with van der Waals surface area (Å²) in [5.74, 6) is -4.82. The number of benzene rings is 2. The third-order valence-electron chi connectivity index (χ3n) is 4.62. The Morgan fingerprint density at radius 2 is 2.10 bits per heavy atom. The molecule has 4 aromatic rings. The number of alkyl halides is 2. The summed E-state index contributed by atoms with van der Waals surface area (Å²) in [6.45, 7) is 1.84. The average molecular weight is 418 g/mol. The van der Waals surface area contributed by atoms with Crippen molar-refractivity contribution < 1.29 is 13.6 Å². The number of hydrogen-bond donors (Lipinski definition) is 2. The molecule has 0 aliphatic carbocycles. The van der Waals surface area contributed by atoms with Crippen LogP contribution >= 0.6 is 11.6 Å². The Labute approximate surface area is 167 Å². The van der Waals surface area contributed by atoms with Gasteiger partial charge in [0, 0.05) is 27.1 Å². The van der Waals surface area contributed by atoms with Crippen LogP contribution in [0.1, 0.15) is 33.0 Å². The van der Waals surface area contributed by atoms with E-state index in [0.717, 1.165) is 0 Å². The second kappa shape index (κ2) is 6.89. The molecule has 148 valence electrons. The molecular weight excluding hydrogens is 404 g/mol. The number of rotatable bonds is 5. The minimum atomic E-state index is -3.45. The number of amides is 1. The molecule has 0 atom stereocenters. The van der Waals surface area contributed by atoms with Crippen LogP contribution in [0.25, 0.3) is 10.9 Å². The van der Waals surface area contributed by atoms with Crippen LogP contribution in [0.4, 0.5) is 8.78 Å². The van der Waals surface area contributed by atoms with E-state index < -0.39 is 17.7 Å². The van der Waals surface area contributed by atoms with Gasteiger partial charge in [-0.1, -0.05) is 29.8 Å². The number of primary amides is 1. The molecule has 0 saturated heterocycles. The Kier molecular flexibility index (Phi) is 4.50. The molecular formula is C18H14ClF2N7O. The molecule has 4 rings (SSSR count). The Morgan fingerprint density at radius 3 is 2.79 bits per heavy atom. The van der Waals surface area contributed by atoms with Gasteiger partial charge in [-0.3, -0.25) is 9.48 Å². The van der Waals surface area contributed by atoms with Gasteiger partial charge in [0.05, 0.1) is 17.8 Å². The number of aryl methyl sites for hydroxylation is 1. The van der Waals surface area contributed by atoms with Gasteiger partial charge in [-0.2, -0.15) is 19.1 Å². The van der Waals surface area contributed by atoms with Crippen molar-refractivity contribution in [3.63, 3.8) is 0 Å². The highest BCUT2D eigenvalue weighted by Crippen LogP contribution is 2.35. The number of nitrogens with one attached hydrogen (secondary N) is 1. The number of nitrogens with zero attached hydrogens (tertiary/aromatic N) is 5. The summed E-state index contributed by atoms with van der Waals surface area (Å²) in [5, 5.41) is 17.5. The van der Waals surface area contributed by atoms with Crippen molar-refractivity contribution in [1.29, 1.82) is 0 Å². The van der Waals surface area contributed by atoms with E-state index in [-0.39, 0.29) is 17.7 Å². The summed E-state index contributed by atoms with van der Waals surface area (Å²) in [5.41, 5.74) is 6.91. The first-order valence-corrected chi connectivity index (χ1v) is 8.83. The molecule has 0 bridgehead atoms. The first-order chi connectivity index (χ1) is 13.8. The molecule has 2 aromatic carbocycles. The molecule has 0 saturated carbocycles. The number of nitrogens with two attached hydrogens (primary N) is 1. The summed E-state index contributed by atoms with van der Waals surface area (Å²) in [6, 6.07) is 8.95. The van der Waals surface area contributed by atoms with Gasteiger partial charge in [0.15, 0.2) is 0 Å². The van der Waals surface area contributed by atoms with Gasteiger partial charge in [-0.15, -0.1) is 10.2 Å². The number of carbonyl (C=O) groups excluding carboxylic acids is 1. The number of tetrazole rings is 1. The Bertz CT molecular complexity index is 1220. The molecule has 0 fully saturated rings. The summed E-state index contributed by atoms with van der Waals surface area (Å²) >= 11 is 6.26. The molecule has 0 spiro atoms. The minimum absolute atomic E-state index is 0.0829. The number of aromatic amines is 1. The van der Waals surface area contributed by atoms with Crippen molar-refractivity contribution in [3.05, 3.63) is 69.6 Å². The molecule has 0 radical (unpaired) electrons. The first kappa shape index (κ1) is 18.9. The van der Waals surface area contributed by atoms with Crippen LogP contribution in [0, 0.1) is 6.92 Å². The SMILES string of the molecule is Cc1nn(Cc2c(Cl)cccc2C(N)=O)c2cc(C(F)(F)c3nn[nH]n3)ccc12. The van der Waals surface area contributed by atoms with Crippen LogP contribution in [0.2, 0.25) is 5.02 Å². The lowest BCUT2D eigenvalue weighted by molar-refractivity contribution is 0.0330. The van der Waals surface area contributed by atoms with Gasteiger partial charge in [0.25, 0.3) is 0 Å². The molecule has 0 unspecified atom stereocenters. The van der Waals surface area contributed by atoms with E-state index in [1.54, 1.807) is 31.2 Å². The number of fused-ring (bicyclic) bond motifs is 1. The smallest absolute Gasteiger partial charge is 0.335 e. The van der Waals surface area contributed by atoms with Crippen LogP contribution in [0.3, 0.4) is 0 Å². The van der Waals surface area contributed by atoms with Gasteiger partial charge in [-0.05, 0) is 30.3 Å². The van der Waals surface area contributed by atoms with Crippen molar-refractivity contribution in [2.75, 3.05) is 0 Å².